The highest BCUT2D eigenvalue weighted by Crippen LogP contribution is 2.34. The first-order valence-corrected chi connectivity index (χ1v) is 7.78. The van der Waals surface area contributed by atoms with Gasteiger partial charge in [-0.3, -0.25) is 5.10 Å². The fourth-order valence-electron chi connectivity index (χ4n) is 2.54. The maximum Gasteiger partial charge on any atom is 0.147 e. The van der Waals surface area contributed by atoms with Gasteiger partial charge in [-0.15, -0.1) is 11.3 Å². The lowest BCUT2D eigenvalue weighted by molar-refractivity contribution is 1.02. The van der Waals surface area contributed by atoms with Crippen molar-refractivity contribution in [1.29, 1.82) is 0 Å². The van der Waals surface area contributed by atoms with Crippen LogP contribution >= 0.6 is 11.3 Å². The molecule has 2 N–H and O–H groups in total. The highest BCUT2D eigenvalue weighted by Gasteiger charge is 2.12. The Morgan fingerprint density at radius 2 is 2.14 bits per heavy atom. The van der Waals surface area contributed by atoms with Gasteiger partial charge in [-0.25, -0.2) is 15.0 Å². The molecule has 0 bridgehead atoms. The Balaban J connectivity index is 1.76. The molecule has 0 radical (unpaired) electrons. The van der Waals surface area contributed by atoms with Crippen LogP contribution in [0.2, 0.25) is 0 Å². The molecular formula is C15H14N6S. The van der Waals surface area contributed by atoms with Crippen molar-refractivity contribution in [3.05, 3.63) is 41.6 Å². The summed E-state index contributed by atoms with van der Waals surface area (Å²) in [7, 11) is 0. The zero-order chi connectivity index (χ0) is 15.1. The van der Waals surface area contributed by atoms with Crippen molar-refractivity contribution in [1.82, 2.24) is 25.1 Å². The highest BCUT2D eigenvalue weighted by molar-refractivity contribution is 7.25. The summed E-state index contributed by atoms with van der Waals surface area (Å²) in [5.41, 5.74) is 4.21. The number of aromatic amines is 1. The second-order valence-electron chi connectivity index (χ2n) is 5.12. The van der Waals surface area contributed by atoms with Crippen LogP contribution < -0.4 is 5.32 Å². The van der Waals surface area contributed by atoms with Crippen molar-refractivity contribution in [2.75, 3.05) is 5.32 Å². The Morgan fingerprint density at radius 3 is 2.95 bits per heavy atom. The molecule has 0 aromatic carbocycles. The van der Waals surface area contributed by atoms with Crippen LogP contribution in [0, 0.1) is 13.8 Å². The maximum atomic E-state index is 4.41. The summed E-state index contributed by atoms with van der Waals surface area (Å²) < 4.78 is 1.04. The number of nitrogens with one attached hydrogen (secondary N) is 2. The zero-order valence-corrected chi connectivity index (χ0v) is 13.0. The number of H-pyrrole nitrogens is 1. The second kappa shape index (κ2) is 5.03. The van der Waals surface area contributed by atoms with Crippen LogP contribution in [-0.4, -0.2) is 25.1 Å². The van der Waals surface area contributed by atoms with E-state index in [4.69, 9.17) is 0 Å². The number of rotatable bonds is 3. The van der Waals surface area contributed by atoms with E-state index in [1.54, 1.807) is 23.9 Å². The lowest BCUT2D eigenvalue weighted by atomic mass is 10.2. The van der Waals surface area contributed by atoms with E-state index in [0.29, 0.717) is 6.54 Å². The van der Waals surface area contributed by atoms with Gasteiger partial charge >= 0.3 is 0 Å². The van der Waals surface area contributed by atoms with Crippen molar-refractivity contribution in [2.45, 2.75) is 20.4 Å². The third-order valence-electron chi connectivity index (χ3n) is 3.74. The average molecular weight is 310 g/mol. The normalized spacial score (nSPS) is 11.4. The van der Waals surface area contributed by atoms with Crippen LogP contribution in [-0.2, 0) is 6.54 Å². The lowest BCUT2D eigenvalue weighted by Gasteiger charge is -2.06. The molecule has 4 aromatic rings. The van der Waals surface area contributed by atoms with Crippen molar-refractivity contribution < 1.29 is 0 Å². The fourth-order valence-corrected chi connectivity index (χ4v) is 3.61. The molecule has 7 heteroatoms. The molecule has 110 valence electrons. The third kappa shape index (κ3) is 2.01. The Kier molecular flexibility index (Phi) is 3.00. The molecule has 0 unspecified atom stereocenters. The predicted octanol–water partition coefficient (Wildman–Crippen LogP) is 3.19. The number of anilines is 1. The molecule has 4 heterocycles. The van der Waals surface area contributed by atoms with E-state index in [-0.39, 0.29) is 0 Å². The average Bonchev–Trinajstić information content (AvgIpc) is 3.07. The smallest absolute Gasteiger partial charge is 0.147 e. The number of nitrogens with zero attached hydrogens (tertiary/aromatic N) is 4. The van der Waals surface area contributed by atoms with E-state index in [0.717, 1.165) is 37.6 Å². The Hall–Kier alpha value is -2.54. The van der Waals surface area contributed by atoms with Gasteiger partial charge in [0.15, 0.2) is 0 Å². The van der Waals surface area contributed by atoms with E-state index in [1.807, 2.05) is 26.0 Å². The van der Waals surface area contributed by atoms with Crippen molar-refractivity contribution in [3.63, 3.8) is 0 Å². The summed E-state index contributed by atoms with van der Waals surface area (Å²) in [5, 5.41) is 11.7. The van der Waals surface area contributed by atoms with Gasteiger partial charge in [-0.05, 0) is 26.0 Å². The van der Waals surface area contributed by atoms with E-state index in [9.17, 15) is 0 Å². The van der Waals surface area contributed by atoms with E-state index in [2.05, 4.69) is 30.5 Å². The van der Waals surface area contributed by atoms with Gasteiger partial charge in [0, 0.05) is 29.4 Å². The molecule has 0 aliphatic carbocycles. The summed E-state index contributed by atoms with van der Waals surface area (Å²) >= 11 is 1.61. The van der Waals surface area contributed by atoms with Crippen LogP contribution in [0.15, 0.2) is 24.7 Å². The summed E-state index contributed by atoms with van der Waals surface area (Å²) in [4.78, 5) is 14.2. The minimum absolute atomic E-state index is 0.682. The lowest BCUT2D eigenvalue weighted by Crippen LogP contribution is -2.03. The summed E-state index contributed by atoms with van der Waals surface area (Å²) in [6.45, 7) is 4.71. The minimum Gasteiger partial charge on any atom is -0.365 e. The molecule has 0 spiro atoms. The predicted molar refractivity (Wildman–Crippen MR) is 88.1 cm³/mol. The number of aryl methyl sites for hydroxylation is 2. The monoisotopic (exact) mass is 310 g/mol. The van der Waals surface area contributed by atoms with Gasteiger partial charge in [-0.2, -0.15) is 5.10 Å². The Morgan fingerprint density at radius 1 is 1.23 bits per heavy atom. The van der Waals surface area contributed by atoms with Crippen LogP contribution in [0.4, 0.5) is 5.82 Å². The molecule has 4 aromatic heterocycles. The van der Waals surface area contributed by atoms with Crippen molar-refractivity contribution >= 4 is 37.6 Å². The van der Waals surface area contributed by atoms with Crippen LogP contribution in [0.1, 0.15) is 17.0 Å². The quantitative estimate of drug-likeness (QED) is 0.607. The number of fused-ring (bicyclic) bond motifs is 3. The topological polar surface area (TPSA) is 79.4 Å². The van der Waals surface area contributed by atoms with Crippen LogP contribution in [0.5, 0.6) is 0 Å². The molecule has 0 fully saturated rings. The highest BCUT2D eigenvalue weighted by atomic mass is 32.1. The molecule has 0 saturated carbocycles. The number of aromatic nitrogens is 5. The Labute approximate surface area is 130 Å². The molecule has 4 rings (SSSR count). The summed E-state index contributed by atoms with van der Waals surface area (Å²) in [5.74, 6) is 0.841. The summed E-state index contributed by atoms with van der Waals surface area (Å²) in [6.07, 6.45) is 3.40. The standard InChI is InChI=1S/C15H14N6S/c1-8-11(9(2)21-20-8)6-17-14-13-12(18-7-19-14)10-4-3-5-16-15(10)22-13/h3-5,7H,6H2,1-2H3,(H,20,21)(H,17,18,19). The number of pyridine rings is 1. The van der Waals surface area contributed by atoms with Crippen molar-refractivity contribution in [3.8, 4) is 0 Å². The molecular weight excluding hydrogens is 296 g/mol. The first-order valence-electron chi connectivity index (χ1n) is 6.96. The molecule has 0 atom stereocenters. The SMILES string of the molecule is Cc1n[nH]c(C)c1CNc1ncnc2c1sc1ncccc12. The third-order valence-corrected chi connectivity index (χ3v) is 4.85. The van der Waals surface area contributed by atoms with E-state index >= 15 is 0 Å². The van der Waals surface area contributed by atoms with Crippen molar-refractivity contribution in [2.24, 2.45) is 0 Å². The maximum absolute atomic E-state index is 4.41. The number of hydrogen-bond acceptors (Lipinski definition) is 6. The molecule has 0 amide bonds. The van der Waals surface area contributed by atoms with Crippen LogP contribution in [0.3, 0.4) is 0 Å². The van der Waals surface area contributed by atoms with Crippen LogP contribution in [0.25, 0.3) is 20.4 Å². The summed E-state index contributed by atoms with van der Waals surface area (Å²) in [6, 6.07) is 3.98. The van der Waals surface area contributed by atoms with E-state index in [1.165, 1.54) is 5.56 Å². The molecule has 22 heavy (non-hydrogen) atoms. The molecule has 0 aliphatic rings. The van der Waals surface area contributed by atoms with Gasteiger partial charge in [0.2, 0.25) is 0 Å². The van der Waals surface area contributed by atoms with Gasteiger partial charge in [0.25, 0.3) is 0 Å². The largest absolute Gasteiger partial charge is 0.365 e. The molecule has 6 nitrogen and oxygen atoms in total. The van der Waals surface area contributed by atoms with Gasteiger partial charge in [0.05, 0.1) is 15.9 Å². The van der Waals surface area contributed by atoms with Gasteiger partial charge in [-0.1, -0.05) is 0 Å². The number of hydrogen-bond donors (Lipinski definition) is 2. The molecule has 0 saturated heterocycles. The van der Waals surface area contributed by atoms with E-state index < -0.39 is 0 Å². The second-order valence-corrected chi connectivity index (χ2v) is 6.12. The first-order chi connectivity index (χ1) is 10.7. The Bertz CT molecular complexity index is 951. The van der Waals surface area contributed by atoms with Gasteiger partial charge < -0.3 is 5.32 Å². The zero-order valence-electron chi connectivity index (χ0n) is 12.2. The van der Waals surface area contributed by atoms with Gasteiger partial charge in [0.1, 0.15) is 17.0 Å². The fraction of sp³-hybridized carbons (Fsp3) is 0.200. The molecule has 0 aliphatic heterocycles. The number of thiophene rings is 1. The first kappa shape index (κ1) is 13.1. The minimum atomic E-state index is 0.682.